The third-order valence-corrected chi connectivity index (χ3v) is 4.75. The molecule has 4 nitrogen and oxygen atoms in total. The molecule has 3 rings (SSSR count). The predicted octanol–water partition coefficient (Wildman–Crippen LogP) is 1.93. The molecular weight excluding hydrogens is 236 g/mol. The molecule has 104 valence electrons. The predicted molar refractivity (Wildman–Crippen MR) is 76.0 cm³/mol. The van der Waals surface area contributed by atoms with Gasteiger partial charge in [-0.15, -0.1) is 0 Å². The van der Waals surface area contributed by atoms with Gasteiger partial charge in [0.05, 0.1) is 5.69 Å². The summed E-state index contributed by atoms with van der Waals surface area (Å²) in [5, 5.41) is 3.33. The van der Waals surface area contributed by atoms with Crippen LogP contribution in [0, 0.1) is 0 Å². The molecule has 0 aliphatic carbocycles. The fraction of sp³-hybridized carbons (Fsp3) is 0.733. The Morgan fingerprint density at radius 2 is 2.05 bits per heavy atom. The normalized spacial score (nSPS) is 30.7. The maximum atomic E-state index is 4.76. The van der Waals surface area contributed by atoms with Gasteiger partial charge < -0.3 is 10.2 Å². The van der Waals surface area contributed by atoms with Crippen LogP contribution >= 0.6 is 0 Å². The van der Waals surface area contributed by atoms with E-state index < -0.39 is 0 Å². The van der Waals surface area contributed by atoms with E-state index in [-0.39, 0.29) is 0 Å². The summed E-state index contributed by atoms with van der Waals surface area (Å²) < 4.78 is 0. The van der Waals surface area contributed by atoms with E-state index in [1.54, 1.807) is 0 Å². The largest absolute Gasteiger partial charge is 0.311 e. The Morgan fingerprint density at radius 1 is 1.32 bits per heavy atom. The van der Waals surface area contributed by atoms with Crippen LogP contribution in [0.3, 0.4) is 0 Å². The van der Waals surface area contributed by atoms with E-state index in [0.717, 1.165) is 36.7 Å². The Morgan fingerprint density at radius 3 is 2.74 bits per heavy atom. The fourth-order valence-corrected chi connectivity index (χ4v) is 3.58. The Kier molecular flexibility index (Phi) is 3.80. The molecule has 19 heavy (non-hydrogen) atoms. The lowest BCUT2D eigenvalue weighted by molar-refractivity contribution is 0.158. The summed E-state index contributed by atoms with van der Waals surface area (Å²) in [7, 11) is 2.28. The molecule has 4 heteroatoms. The first kappa shape index (κ1) is 13.0. The quantitative estimate of drug-likeness (QED) is 0.898. The lowest BCUT2D eigenvalue weighted by Gasteiger charge is -2.35. The van der Waals surface area contributed by atoms with Gasteiger partial charge in [-0.2, -0.15) is 0 Å². The van der Waals surface area contributed by atoms with E-state index >= 15 is 0 Å². The molecule has 2 unspecified atom stereocenters. The van der Waals surface area contributed by atoms with Crippen molar-refractivity contribution >= 4 is 0 Å². The zero-order chi connectivity index (χ0) is 13.2. The first-order valence-corrected chi connectivity index (χ1v) is 7.52. The molecular formula is C15H24N4. The zero-order valence-electron chi connectivity index (χ0n) is 12.0. The molecule has 3 heterocycles. The second-order valence-electron chi connectivity index (χ2n) is 5.91. The third-order valence-electron chi connectivity index (χ3n) is 4.75. The Labute approximate surface area is 115 Å². The summed E-state index contributed by atoms with van der Waals surface area (Å²) in [6.07, 6.45) is 7.11. The molecule has 2 saturated heterocycles. The summed E-state index contributed by atoms with van der Waals surface area (Å²) in [6, 6.07) is 3.53. The van der Waals surface area contributed by atoms with Crippen molar-refractivity contribution in [1.29, 1.82) is 0 Å². The third kappa shape index (κ3) is 2.65. The summed E-state index contributed by atoms with van der Waals surface area (Å²) >= 11 is 0. The lowest BCUT2D eigenvalue weighted by Crippen LogP contribution is -2.39. The van der Waals surface area contributed by atoms with E-state index in [2.05, 4.69) is 29.2 Å². The van der Waals surface area contributed by atoms with Crippen LogP contribution < -0.4 is 5.32 Å². The average Bonchev–Trinajstić information content (AvgIpc) is 2.68. The molecule has 2 aliphatic heterocycles. The summed E-state index contributed by atoms with van der Waals surface area (Å²) in [4.78, 5) is 11.9. The highest BCUT2D eigenvalue weighted by atomic mass is 15.2. The molecule has 2 aliphatic rings. The Bertz CT molecular complexity index is 420. The first-order valence-electron chi connectivity index (χ1n) is 7.52. The first-order chi connectivity index (χ1) is 9.28. The number of rotatable bonds is 4. The summed E-state index contributed by atoms with van der Waals surface area (Å²) in [6.45, 7) is 3.96. The van der Waals surface area contributed by atoms with Crippen molar-refractivity contribution in [2.24, 2.45) is 0 Å². The van der Waals surface area contributed by atoms with Crippen molar-refractivity contribution in [2.75, 3.05) is 13.6 Å². The molecule has 1 N–H and O–H groups in total. The van der Waals surface area contributed by atoms with Crippen molar-refractivity contribution in [3.63, 3.8) is 0 Å². The maximum Gasteiger partial charge on any atom is 0.131 e. The Hall–Kier alpha value is -1.00. The van der Waals surface area contributed by atoms with Gasteiger partial charge in [-0.25, -0.2) is 9.97 Å². The van der Waals surface area contributed by atoms with Gasteiger partial charge in [0.1, 0.15) is 5.82 Å². The number of hydrogen-bond acceptors (Lipinski definition) is 4. The van der Waals surface area contributed by atoms with Crippen LogP contribution in [-0.2, 0) is 6.54 Å². The van der Waals surface area contributed by atoms with Gasteiger partial charge in [-0.1, -0.05) is 6.92 Å². The monoisotopic (exact) mass is 260 g/mol. The maximum absolute atomic E-state index is 4.76. The van der Waals surface area contributed by atoms with Crippen molar-refractivity contribution in [1.82, 2.24) is 20.2 Å². The van der Waals surface area contributed by atoms with Gasteiger partial charge in [0.2, 0.25) is 0 Å². The van der Waals surface area contributed by atoms with Crippen LogP contribution in [0.25, 0.3) is 0 Å². The highest BCUT2D eigenvalue weighted by Crippen LogP contribution is 2.40. The van der Waals surface area contributed by atoms with E-state index in [1.807, 2.05) is 12.3 Å². The van der Waals surface area contributed by atoms with Crippen LogP contribution in [0.5, 0.6) is 0 Å². The van der Waals surface area contributed by atoms with Gasteiger partial charge in [-0.3, -0.25) is 0 Å². The van der Waals surface area contributed by atoms with E-state index in [0.29, 0.717) is 5.92 Å². The second kappa shape index (κ2) is 5.55. The van der Waals surface area contributed by atoms with E-state index in [9.17, 15) is 0 Å². The number of nitrogens with zero attached hydrogens (tertiary/aromatic N) is 3. The topological polar surface area (TPSA) is 41.1 Å². The van der Waals surface area contributed by atoms with Crippen LogP contribution in [0.2, 0.25) is 0 Å². The van der Waals surface area contributed by atoms with Gasteiger partial charge in [0.15, 0.2) is 0 Å². The smallest absolute Gasteiger partial charge is 0.131 e. The zero-order valence-corrected chi connectivity index (χ0v) is 12.0. The number of aromatic nitrogens is 2. The highest BCUT2D eigenvalue weighted by molar-refractivity contribution is 5.10. The summed E-state index contributed by atoms with van der Waals surface area (Å²) in [5.74, 6) is 1.63. The van der Waals surface area contributed by atoms with Crippen molar-refractivity contribution in [2.45, 2.75) is 57.2 Å². The van der Waals surface area contributed by atoms with Gasteiger partial charge >= 0.3 is 0 Å². The average molecular weight is 260 g/mol. The molecule has 1 aromatic heterocycles. The minimum atomic E-state index is 0.565. The van der Waals surface area contributed by atoms with Crippen LogP contribution in [0.15, 0.2) is 12.3 Å². The molecule has 0 saturated carbocycles. The molecule has 2 bridgehead atoms. The van der Waals surface area contributed by atoms with Crippen LogP contribution in [0.1, 0.15) is 50.0 Å². The van der Waals surface area contributed by atoms with Crippen molar-refractivity contribution in [3.05, 3.63) is 23.8 Å². The summed E-state index contributed by atoms with van der Waals surface area (Å²) in [5.41, 5.74) is 1.12. The minimum Gasteiger partial charge on any atom is -0.311 e. The molecule has 1 aromatic rings. The van der Waals surface area contributed by atoms with Crippen molar-refractivity contribution in [3.8, 4) is 0 Å². The molecule has 2 fully saturated rings. The SMILES string of the molecule is CCNCc1ccnc(C2CC3CCC(C2)N3C)n1. The van der Waals surface area contributed by atoms with Gasteiger partial charge in [-0.05, 0) is 45.3 Å². The number of piperidine rings is 1. The number of fused-ring (bicyclic) bond motifs is 2. The molecule has 0 amide bonds. The van der Waals surface area contributed by atoms with Crippen molar-refractivity contribution < 1.29 is 0 Å². The fourth-order valence-electron chi connectivity index (χ4n) is 3.58. The van der Waals surface area contributed by atoms with Gasteiger partial charge in [0.25, 0.3) is 0 Å². The molecule has 0 radical (unpaired) electrons. The highest BCUT2D eigenvalue weighted by Gasteiger charge is 2.39. The second-order valence-corrected chi connectivity index (χ2v) is 5.91. The molecule has 2 atom stereocenters. The molecule has 0 aromatic carbocycles. The van der Waals surface area contributed by atoms with Crippen LogP contribution in [-0.4, -0.2) is 40.5 Å². The van der Waals surface area contributed by atoms with E-state index in [4.69, 9.17) is 4.98 Å². The Balaban J connectivity index is 1.72. The number of hydrogen-bond donors (Lipinski definition) is 1. The molecule has 0 spiro atoms. The standard InChI is InChI=1S/C15H24N4/c1-3-16-10-12-6-7-17-15(18-12)11-8-13-4-5-14(9-11)19(13)2/h6-7,11,13-14,16H,3-5,8-10H2,1-2H3. The lowest BCUT2D eigenvalue weighted by atomic mass is 9.90. The van der Waals surface area contributed by atoms with Crippen LogP contribution in [0.4, 0.5) is 0 Å². The van der Waals surface area contributed by atoms with Gasteiger partial charge in [0, 0.05) is 30.7 Å². The number of nitrogens with one attached hydrogen (secondary N) is 1. The minimum absolute atomic E-state index is 0.565. The van der Waals surface area contributed by atoms with E-state index in [1.165, 1.54) is 25.7 Å².